The SMILES string of the molecule is CCCC1CC1NCc1cccnc1Cl. The van der Waals surface area contributed by atoms with Crippen molar-refractivity contribution in [3.05, 3.63) is 29.0 Å². The van der Waals surface area contributed by atoms with Gasteiger partial charge in [-0.15, -0.1) is 0 Å². The Morgan fingerprint density at radius 3 is 3.20 bits per heavy atom. The number of nitrogens with zero attached hydrogens (tertiary/aromatic N) is 1. The number of aromatic nitrogens is 1. The predicted octanol–water partition coefficient (Wildman–Crippen LogP) is 3.01. The Morgan fingerprint density at radius 1 is 1.60 bits per heavy atom. The van der Waals surface area contributed by atoms with Crippen molar-refractivity contribution in [2.75, 3.05) is 0 Å². The molecule has 0 amide bonds. The fourth-order valence-electron chi connectivity index (χ4n) is 1.98. The van der Waals surface area contributed by atoms with Crippen molar-refractivity contribution in [1.29, 1.82) is 0 Å². The summed E-state index contributed by atoms with van der Waals surface area (Å²) in [6.07, 6.45) is 5.68. The summed E-state index contributed by atoms with van der Waals surface area (Å²) in [5.41, 5.74) is 1.10. The Labute approximate surface area is 96.1 Å². The van der Waals surface area contributed by atoms with Crippen LogP contribution in [0.3, 0.4) is 0 Å². The summed E-state index contributed by atoms with van der Waals surface area (Å²) in [6.45, 7) is 3.09. The van der Waals surface area contributed by atoms with Crippen molar-refractivity contribution in [2.24, 2.45) is 5.92 Å². The summed E-state index contributed by atoms with van der Waals surface area (Å²) >= 11 is 5.97. The summed E-state index contributed by atoms with van der Waals surface area (Å²) in [5, 5.41) is 4.15. The molecule has 1 saturated carbocycles. The van der Waals surface area contributed by atoms with Crippen molar-refractivity contribution < 1.29 is 0 Å². The molecule has 2 atom stereocenters. The first-order valence-corrected chi connectivity index (χ1v) is 6.02. The van der Waals surface area contributed by atoms with Gasteiger partial charge in [0.1, 0.15) is 5.15 Å². The maximum absolute atomic E-state index is 5.97. The van der Waals surface area contributed by atoms with Crippen molar-refractivity contribution in [3.63, 3.8) is 0 Å². The summed E-state index contributed by atoms with van der Waals surface area (Å²) in [6, 6.07) is 4.67. The summed E-state index contributed by atoms with van der Waals surface area (Å²) < 4.78 is 0. The van der Waals surface area contributed by atoms with Crippen LogP contribution < -0.4 is 5.32 Å². The van der Waals surface area contributed by atoms with Crippen molar-refractivity contribution >= 4 is 11.6 Å². The van der Waals surface area contributed by atoms with Crippen LogP contribution in [0.2, 0.25) is 5.15 Å². The molecule has 1 aromatic heterocycles. The van der Waals surface area contributed by atoms with Gasteiger partial charge >= 0.3 is 0 Å². The Morgan fingerprint density at radius 2 is 2.47 bits per heavy atom. The van der Waals surface area contributed by atoms with Gasteiger partial charge in [-0.3, -0.25) is 0 Å². The Kier molecular flexibility index (Phi) is 3.60. The summed E-state index contributed by atoms with van der Waals surface area (Å²) in [7, 11) is 0. The lowest BCUT2D eigenvalue weighted by molar-refractivity contribution is 0.599. The Hall–Kier alpha value is -0.600. The molecule has 15 heavy (non-hydrogen) atoms. The second kappa shape index (κ2) is 4.95. The van der Waals surface area contributed by atoms with Crippen molar-refractivity contribution in [2.45, 2.75) is 38.8 Å². The van der Waals surface area contributed by atoms with E-state index in [0.717, 1.165) is 18.0 Å². The zero-order valence-electron chi connectivity index (χ0n) is 9.04. The normalized spacial score (nSPS) is 24.1. The molecule has 0 bridgehead atoms. The second-order valence-electron chi connectivity index (χ2n) is 4.23. The van der Waals surface area contributed by atoms with Gasteiger partial charge in [0.15, 0.2) is 0 Å². The van der Waals surface area contributed by atoms with Gasteiger partial charge in [-0.2, -0.15) is 0 Å². The second-order valence-corrected chi connectivity index (χ2v) is 4.58. The molecule has 1 fully saturated rings. The van der Waals surface area contributed by atoms with Crippen LogP contribution >= 0.6 is 11.6 Å². The third-order valence-corrected chi connectivity index (χ3v) is 3.31. The average molecular weight is 225 g/mol. The van der Waals surface area contributed by atoms with Gasteiger partial charge in [0, 0.05) is 24.3 Å². The molecule has 3 heteroatoms. The van der Waals surface area contributed by atoms with E-state index >= 15 is 0 Å². The Bertz CT molecular complexity index is 327. The van der Waals surface area contributed by atoms with E-state index in [-0.39, 0.29) is 0 Å². The molecule has 2 unspecified atom stereocenters. The monoisotopic (exact) mass is 224 g/mol. The van der Waals surface area contributed by atoms with Crippen molar-refractivity contribution in [3.8, 4) is 0 Å². The van der Waals surface area contributed by atoms with E-state index in [0.29, 0.717) is 11.2 Å². The van der Waals surface area contributed by atoms with Crippen LogP contribution in [0, 0.1) is 5.92 Å². The highest BCUT2D eigenvalue weighted by Gasteiger charge is 2.35. The quantitative estimate of drug-likeness (QED) is 0.778. The molecule has 1 N–H and O–H groups in total. The largest absolute Gasteiger partial charge is 0.310 e. The molecule has 1 aliphatic rings. The first kappa shape index (κ1) is 10.9. The van der Waals surface area contributed by atoms with Crippen LogP contribution in [0.15, 0.2) is 18.3 Å². The molecular formula is C12H17ClN2. The van der Waals surface area contributed by atoms with E-state index in [1.165, 1.54) is 19.3 Å². The van der Waals surface area contributed by atoms with E-state index < -0.39 is 0 Å². The average Bonchev–Trinajstić information content (AvgIpc) is 2.96. The smallest absolute Gasteiger partial charge is 0.133 e. The zero-order chi connectivity index (χ0) is 10.7. The standard InChI is InChI=1S/C12H17ClN2/c1-2-4-9-7-11(9)15-8-10-5-3-6-14-12(10)13/h3,5-6,9,11,15H,2,4,7-8H2,1H3. The number of rotatable bonds is 5. The lowest BCUT2D eigenvalue weighted by Gasteiger charge is -2.05. The molecule has 2 nitrogen and oxygen atoms in total. The van der Waals surface area contributed by atoms with Gasteiger partial charge in [-0.05, 0) is 24.8 Å². The van der Waals surface area contributed by atoms with E-state index in [4.69, 9.17) is 11.6 Å². The minimum atomic E-state index is 0.623. The molecule has 0 aromatic carbocycles. The fraction of sp³-hybridized carbons (Fsp3) is 0.583. The van der Waals surface area contributed by atoms with E-state index in [1.54, 1.807) is 6.20 Å². The maximum Gasteiger partial charge on any atom is 0.133 e. The van der Waals surface area contributed by atoms with Crippen LogP contribution in [0.25, 0.3) is 0 Å². The molecule has 1 heterocycles. The highest BCUT2D eigenvalue weighted by Crippen LogP contribution is 2.34. The third kappa shape index (κ3) is 2.93. The van der Waals surface area contributed by atoms with Gasteiger partial charge in [0.05, 0.1) is 0 Å². The molecule has 0 spiro atoms. The zero-order valence-corrected chi connectivity index (χ0v) is 9.80. The maximum atomic E-state index is 5.97. The van der Waals surface area contributed by atoms with Gasteiger partial charge in [-0.1, -0.05) is 31.0 Å². The molecule has 0 aliphatic heterocycles. The van der Waals surface area contributed by atoms with E-state index in [1.807, 2.05) is 12.1 Å². The first-order valence-electron chi connectivity index (χ1n) is 5.64. The van der Waals surface area contributed by atoms with Gasteiger partial charge in [-0.25, -0.2) is 4.98 Å². The molecule has 0 radical (unpaired) electrons. The number of pyridine rings is 1. The molecule has 0 saturated heterocycles. The number of hydrogen-bond donors (Lipinski definition) is 1. The summed E-state index contributed by atoms with van der Waals surface area (Å²) in [5.74, 6) is 0.894. The highest BCUT2D eigenvalue weighted by molar-refractivity contribution is 6.30. The van der Waals surface area contributed by atoms with Gasteiger partial charge in [0.2, 0.25) is 0 Å². The molecular weight excluding hydrogens is 208 g/mol. The van der Waals surface area contributed by atoms with Gasteiger partial charge in [0.25, 0.3) is 0 Å². The Balaban J connectivity index is 1.78. The van der Waals surface area contributed by atoms with Crippen LogP contribution in [-0.4, -0.2) is 11.0 Å². The minimum absolute atomic E-state index is 0.623. The van der Waals surface area contributed by atoms with E-state index in [2.05, 4.69) is 17.2 Å². The van der Waals surface area contributed by atoms with Crippen LogP contribution in [-0.2, 0) is 6.54 Å². The van der Waals surface area contributed by atoms with Crippen LogP contribution in [0.4, 0.5) is 0 Å². The third-order valence-electron chi connectivity index (χ3n) is 2.97. The molecule has 1 aliphatic carbocycles. The van der Waals surface area contributed by atoms with Crippen LogP contribution in [0.5, 0.6) is 0 Å². The topological polar surface area (TPSA) is 24.9 Å². The number of halogens is 1. The first-order chi connectivity index (χ1) is 7.31. The summed E-state index contributed by atoms with van der Waals surface area (Å²) in [4.78, 5) is 4.06. The molecule has 82 valence electrons. The lowest BCUT2D eigenvalue weighted by atomic mass is 10.2. The minimum Gasteiger partial charge on any atom is -0.310 e. The van der Waals surface area contributed by atoms with Crippen LogP contribution in [0.1, 0.15) is 31.7 Å². The van der Waals surface area contributed by atoms with Crippen molar-refractivity contribution in [1.82, 2.24) is 10.3 Å². The van der Waals surface area contributed by atoms with Gasteiger partial charge < -0.3 is 5.32 Å². The lowest BCUT2D eigenvalue weighted by Crippen LogP contribution is -2.17. The van der Waals surface area contributed by atoms with E-state index in [9.17, 15) is 0 Å². The molecule has 1 aromatic rings. The highest BCUT2D eigenvalue weighted by atomic mass is 35.5. The number of hydrogen-bond acceptors (Lipinski definition) is 2. The fourth-order valence-corrected chi connectivity index (χ4v) is 2.17. The molecule has 2 rings (SSSR count). The number of nitrogens with one attached hydrogen (secondary N) is 1. The predicted molar refractivity (Wildman–Crippen MR) is 62.9 cm³/mol.